The van der Waals surface area contributed by atoms with Crippen molar-refractivity contribution in [2.75, 3.05) is 13.6 Å². The van der Waals surface area contributed by atoms with Crippen LogP contribution < -0.4 is 0 Å². The minimum atomic E-state index is -0.113. The predicted molar refractivity (Wildman–Crippen MR) is 77.2 cm³/mol. The fourth-order valence-electron chi connectivity index (χ4n) is 2.66. The third-order valence-electron chi connectivity index (χ3n) is 3.74. The first-order valence-electron chi connectivity index (χ1n) is 6.35. The van der Waals surface area contributed by atoms with E-state index in [9.17, 15) is 4.79 Å². The summed E-state index contributed by atoms with van der Waals surface area (Å²) >= 11 is 7.53. The van der Waals surface area contributed by atoms with Crippen molar-refractivity contribution in [2.45, 2.75) is 33.2 Å². The Kier molecular flexibility index (Phi) is 4.15. The minimum absolute atomic E-state index is 0.113. The smallest absolute Gasteiger partial charge is 0.142 e. The second kappa shape index (κ2) is 5.32. The summed E-state index contributed by atoms with van der Waals surface area (Å²) in [5.41, 5.74) is -0.113. The molecule has 1 unspecified atom stereocenters. The lowest BCUT2D eigenvalue weighted by atomic mass is 9.89. The number of Topliss-reactive ketones (excluding diaryl/α,β-unsaturated/α-hetero) is 1. The van der Waals surface area contributed by atoms with Gasteiger partial charge in [-0.15, -0.1) is 11.3 Å². The molecular formula is C14H20ClNOS. The van der Waals surface area contributed by atoms with Gasteiger partial charge in [-0.2, -0.15) is 0 Å². The molecule has 1 aliphatic carbocycles. The van der Waals surface area contributed by atoms with E-state index in [4.69, 9.17) is 11.6 Å². The van der Waals surface area contributed by atoms with Crippen molar-refractivity contribution in [2.24, 2.45) is 11.3 Å². The molecule has 0 N–H and O–H groups in total. The van der Waals surface area contributed by atoms with Gasteiger partial charge in [-0.25, -0.2) is 0 Å². The lowest BCUT2D eigenvalue weighted by Gasteiger charge is -2.21. The van der Waals surface area contributed by atoms with Crippen LogP contribution in [0.1, 0.15) is 31.6 Å². The van der Waals surface area contributed by atoms with Crippen LogP contribution in [-0.2, 0) is 11.3 Å². The zero-order valence-corrected chi connectivity index (χ0v) is 12.8. The third-order valence-corrected chi connectivity index (χ3v) is 4.96. The normalized spacial score (nSPS) is 22.9. The standard InChI is InChI=1S/C14H20ClNOS/c1-14(2)7-6-10(13(14)17)8-16(3)9-11-4-5-12(15)18-11/h4-5,10H,6-9H2,1-3H3. The summed E-state index contributed by atoms with van der Waals surface area (Å²) in [6.45, 7) is 5.86. The Morgan fingerprint density at radius 2 is 2.22 bits per heavy atom. The largest absolute Gasteiger partial charge is 0.301 e. The number of halogens is 1. The second-order valence-electron chi connectivity index (χ2n) is 5.89. The topological polar surface area (TPSA) is 20.3 Å². The molecule has 18 heavy (non-hydrogen) atoms. The van der Waals surface area contributed by atoms with Gasteiger partial charge in [-0.05, 0) is 32.0 Å². The fraction of sp³-hybridized carbons (Fsp3) is 0.643. The number of hydrogen-bond acceptors (Lipinski definition) is 3. The molecular weight excluding hydrogens is 266 g/mol. The van der Waals surface area contributed by atoms with Crippen LogP contribution in [-0.4, -0.2) is 24.3 Å². The summed E-state index contributed by atoms with van der Waals surface area (Å²) in [4.78, 5) is 15.7. The molecule has 4 heteroatoms. The zero-order chi connectivity index (χ0) is 13.3. The molecule has 0 radical (unpaired) electrons. The van der Waals surface area contributed by atoms with Crippen LogP contribution in [0.4, 0.5) is 0 Å². The van der Waals surface area contributed by atoms with Gasteiger partial charge in [-0.1, -0.05) is 25.4 Å². The van der Waals surface area contributed by atoms with E-state index in [0.29, 0.717) is 5.78 Å². The average Bonchev–Trinajstić information content (AvgIpc) is 2.78. The second-order valence-corrected chi connectivity index (χ2v) is 7.69. The molecule has 0 amide bonds. The van der Waals surface area contributed by atoms with Gasteiger partial charge in [0.2, 0.25) is 0 Å². The zero-order valence-electron chi connectivity index (χ0n) is 11.2. The summed E-state index contributed by atoms with van der Waals surface area (Å²) in [6, 6.07) is 3.99. The van der Waals surface area contributed by atoms with Crippen molar-refractivity contribution in [3.63, 3.8) is 0 Å². The van der Waals surface area contributed by atoms with Crippen LogP contribution in [0.2, 0.25) is 4.34 Å². The van der Waals surface area contributed by atoms with Crippen LogP contribution in [0, 0.1) is 11.3 Å². The Morgan fingerprint density at radius 3 is 2.72 bits per heavy atom. The van der Waals surface area contributed by atoms with E-state index in [1.54, 1.807) is 11.3 Å². The number of thiophene rings is 1. The van der Waals surface area contributed by atoms with E-state index in [-0.39, 0.29) is 11.3 Å². The maximum absolute atomic E-state index is 12.2. The van der Waals surface area contributed by atoms with Gasteiger partial charge in [0.15, 0.2) is 0 Å². The third kappa shape index (κ3) is 3.14. The summed E-state index contributed by atoms with van der Waals surface area (Å²) in [5.74, 6) is 0.638. The molecule has 1 heterocycles. The van der Waals surface area contributed by atoms with Gasteiger partial charge < -0.3 is 4.90 Å². The van der Waals surface area contributed by atoms with Crippen molar-refractivity contribution in [1.82, 2.24) is 4.90 Å². The molecule has 2 rings (SSSR count). The number of carbonyl (C=O) groups is 1. The Balaban J connectivity index is 1.89. The van der Waals surface area contributed by atoms with Crippen LogP contribution >= 0.6 is 22.9 Å². The molecule has 1 aliphatic rings. The van der Waals surface area contributed by atoms with Gasteiger partial charge in [-0.3, -0.25) is 4.79 Å². The van der Waals surface area contributed by atoms with Crippen molar-refractivity contribution < 1.29 is 4.79 Å². The molecule has 0 bridgehead atoms. The van der Waals surface area contributed by atoms with Gasteiger partial charge in [0.25, 0.3) is 0 Å². The highest BCUT2D eigenvalue weighted by Gasteiger charge is 2.40. The first-order chi connectivity index (χ1) is 8.38. The van der Waals surface area contributed by atoms with Crippen LogP contribution in [0.15, 0.2) is 12.1 Å². The highest BCUT2D eigenvalue weighted by Crippen LogP contribution is 2.37. The van der Waals surface area contributed by atoms with Crippen LogP contribution in [0.25, 0.3) is 0 Å². The average molecular weight is 286 g/mol. The molecule has 0 aliphatic heterocycles. The maximum Gasteiger partial charge on any atom is 0.142 e. The first-order valence-corrected chi connectivity index (χ1v) is 7.55. The molecule has 1 saturated carbocycles. The summed E-state index contributed by atoms with van der Waals surface area (Å²) in [5, 5.41) is 0. The number of nitrogens with zero attached hydrogens (tertiary/aromatic N) is 1. The molecule has 100 valence electrons. The number of carbonyl (C=O) groups excluding carboxylic acids is 1. The van der Waals surface area contributed by atoms with E-state index >= 15 is 0 Å². The Labute approximate surface area is 118 Å². The predicted octanol–water partition coefficient (Wildman–Crippen LogP) is 3.84. The van der Waals surface area contributed by atoms with Gasteiger partial charge in [0, 0.05) is 29.3 Å². The highest BCUT2D eigenvalue weighted by atomic mass is 35.5. The molecule has 1 fully saturated rings. The molecule has 1 aromatic heterocycles. The Bertz CT molecular complexity index is 441. The van der Waals surface area contributed by atoms with E-state index in [0.717, 1.165) is 30.3 Å². The van der Waals surface area contributed by atoms with Crippen LogP contribution in [0.5, 0.6) is 0 Å². The van der Waals surface area contributed by atoms with Crippen molar-refractivity contribution in [3.8, 4) is 0 Å². The van der Waals surface area contributed by atoms with E-state index in [1.165, 1.54) is 4.88 Å². The summed E-state index contributed by atoms with van der Waals surface area (Å²) < 4.78 is 0.830. The molecule has 2 nitrogen and oxygen atoms in total. The molecule has 0 spiro atoms. The maximum atomic E-state index is 12.2. The number of rotatable bonds is 4. The van der Waals surface area contributed by atoms with Crippen molar-refractivity contribution in [1.29, 1.82) is 0 Å². The lowest BCUT2D eigenvalue weighted by molar-refractivity contribution is -0.127. The van der Waals surface area contributed by atoms with E-state index in [2.05, 4.69) is 31.9 Å². The molecule has 1 atom stereocenters. The first kappa shape index (κ1) is 14.0. The molecule has 0 aromatic carbocycles. The molecule has 1 aromatic rings. The summed E-state index contributed by atoms with van der Waals surface area (Å²) in [6.07, 6.45) is 2.05. The van der Waals surface area contributed by atoms with Gasteiger partial charge in [0.05, 0.1) is 4.34 Å². The quantitative estimate of drug-likeness (QED) is 0.838. The van der Waals surface area contributed by atoms with E-state index in [1.807, 2.05) is 6.07 Å². The Hall–Kier alpha value is -0.380. The molecule has 0 saturated heterocycles. The minimum Gasteiger partial charge on any atom is -0.301 e. The lowest BCUT2D eigenvalue weighted by Crippen LogP contribution is -2.30. The van der Waals surface area contributed by atoms with Gasteiger partial charge in [0.1, 0.15) is 5.78 Å². The highest BCUT2D eigenvalue weighted by molar-refractivity contribution is 7.16. The van der Waals surface area contributed by atoms with Crippen molar-refractivity contribution in [3.05, 3.63) is 21.3 Å². The fourth-order valence-corrected chi connectivity index (χ4v) is 3.83. The van der Waals surface area contributed by atoms with Crippen LogP contribution in [0.3, 0.4) is 0 Å². The monoisotopic (exact) mass is 285 g/mol. The Morgan fingerprint density at radius 1 is 1.50 bits per heavy atom. The van der Waals surface area contributed by atoms with E-state index < -0.39 is 0 Å². The van der Waals surface area contributed by atoms with Crippen molar-refractivity contribution >= 4 is 28.7 Å². The van der Waals surface area contributed by atoms with Gasteiger partial charge >= 0.3 is 0 Å². The SMILES string of the molecule is CN(Cc1ccc(Cl)s1)CC1CCC(C)(C)C1=O. The summed E-state index contributed by atoms with van der Waals surface area (Å²) in [7, 11) is 2.08. The number of ketones is 1. The number of hydrogen-bond donors (Lipinski definition) is 0.